The van der Waals surface area contributed by atoms with Crippen molar-refractivity contribution in [2.75, 3.05) is 19.7 Å². The number of hydrogen-bond donors (Lipinski definition) is 1. The van der Waals surface area contributed by atoms with Gasteiger partial charge in [-0.25, -0.2) is 0 Å². The van der Waals surface area contributed by atoms with Gasteiger partial charge in [0.1, 0.15) is 5.54 Å². The molecule has 1 heterocycles. The van der Waals surface area contributed by atoms with E-state index in [1.807, 2.05) is 37.3 Å². The van der Waals surface area contributed by atoms with Gasteiger partial charge in [0, 0.05) is 19.1 Å². The van der Waals surface area contributed by atoms with Gasteiger partial charge < -0.3 is 10.5 Å². The van der Waals surface area contributed by atoms with Crippen molar-refractivity contribution in [1.82, 2.24) is 4.90 Å². The van der Waals surface area contributed by atoms with Crippen LogP contribution in [0.15, 0.2) is 30.3 Å². The van der Waals surface area contributed by atoms with Crippen LogP contribution in [0, 0.1) is 11.3 Å². The molecule has 4 heteroatoms. The zero-order valence-corrected chi connectivity index (χ0v) is 11.5. The van der Waals surface area contributed by atoms with Gasteiger partial charge in [0.2, 0.25) is 0 Å². The van der Waals surface area contributed by atoms with Gasteiger partial charge in [0.05, 0.1) is 18.8 Å². The second kappa shape index (κ2) is 5.70. The Labute approximate surface area is 114 Å². The minimum atomic E-state index is -0.966. The highest BCUT2D eigenvalue weighted by atomic mass is 16.5. The van der Waals surface area contributed by atoms with Crippen LogP contribution >= 0.6 is 0 Å². The molecule has 19 heavy (non-hydrogen) atoms. The van der Waals surface area contributed by atoms with E-state index < -0.39 is 5.54 Å². The maximum atomic E-state index is 9.49. The summed E-state index contributed by atoms with van der Waals surface area (Å²) in [5, 5.41) is 9.49. The fraction of sp³-hybridized carbons (Fsp3) is 0.533. The summed E-state index contributed by atoms with van der Waals surface area (Å²) in [5.74, 6) is 0. The Balaban J connectivity index is 2.17. The van der Waals surface area contributed by atoms with Gasteiger partial charge in [-0.2, -0.15) is 5.26 Å². The third-order valence-electron chi connectivity index (χ3n) is 3.68. The molecule has 3 unspecified atom stereocenters. The molecule has 1 aromatic carbocycles. The van der Waals surface area contributed by atoms with Crippen molar-refractivity contribution in [3.05, 3.63) is 35.9 Å². The van der Waals surface area contributed by atoms with Crippen LogP contribution in [0.5, 0.6) is 0 Å². The zero-order chi connectivity index (χ0) is 13.9. The molecule has 0 radical (unpaired) electrons. The second-order valence-electron chi connectivity index (χ2n) is 5.37. The van der Waals surface area contributed by atoms with Gasteiger partial charge in [0.15, 0.2) is 0 Å². The lowest BCUT2D eigenvalue weighted by Gasteiger charge is -2.40. The van der Waals surface area contributed by atoms with Crippen molar-refractivity contribution in [2.24, 2.45) is 5.73 Å². The average Bonchev–Trinajstić information content (AvgIpc) is 2.44. The van der Waals surface area contributed by atoms with E-state index in [-0.39, 0.29) is 12.1 Å². The first-order chi connectivity index (χ1) is 9.05. The van der Waals surface area contributed by atoms with Gasteiger partial charge in [0.25, 0.3) is 0 Å². The van der Waals surface area contributed by atoms with Gasteiger partial charge in [-0.15, -0.1) is 0 Å². The van der Waals surface area contributed by atoms with Gasteiger partial charge in [-0.05, 0) is 19.4 Å². The molecule has 2 rings (SSSR count). The minimum Gasteiger partial charge on any atom is -0.376 e. The molecule has 0 spiro atoms. The summed E-state index contributed by atoms with van der Waals surface area (Å²) in [6.45, 7) is 6.19. The van der Waals surface area contributed by atoms with E-state index in [1.165, 1.54) is 0 Å². The molecule has 0 aliphatic carbocycles. The molecule has 1 aromatic rings. The van der Waals surface area contributed by atoms with Crippen molar-refractivity contribution >= 4 is 0 Å². The Morgan fingerprint density at radius 2 is 2.11 bits per heavy atom. The number of nitrogens with zero attached hydrogens (tertiary/aromatic N) is 2. The van der Waals surface area contributed by atoms with Crippen molar-refractivity contribution < 1.29 is 4.74 Å². The Morgan fingerprint density at radius 1 is 1.42 bits per heavy atom. The summed E-state index contributed by atoms with van der Waals surface area (Å²) >= 11 is 0. The maximum Gasteiger partial charge on any atom is 0.142 e. The maximum absolute atomic E-state index is 9.49. The van der Waals surface area contributed by atoms with E-state index in [1.54, 1.807) is 0 Å². The van der Waals surface area contributed by atoms with Crippen LogP contribution in [0.3, 0.4) is 0 Å². The van der Waals surface area contributed by atoms with Crippen LogP contribution in [0.25, 0.3) is 0 Å². The van der Waals surface area contributed by atoms with Crippen LogP contribution in [-0.2, 0) is 10.3 Å². The van der Waals surface area contributed by atoms with E-state index in [4.69, 9.17) is 10.5 Å². The summed E-state index contributed by atoms with van der Waals surface area (Å²) < 4.78 is 5.61. The lowest BCUT2D eigenvalue weighted by atomic mass is 9.91. The van der Waals surface area contributed by atoms with Crippen molar-refractivity contribution in [2.45, 2.75) is 31.5 Å². The van der Waals surface area contributed by atoms with E-state index >= 15 is 0 Å². The summed E-state index contributed by atoms with van der Waals surface area (Å²) in [6, 6.07) is 12.2. The first-order valence-electron chi connectivity index (χ1n) is 6.66. The topological polar surface area (TPSA) is 62.3 Å². The number of benzene rings is 1. The number of nitriles is 1. The Kier molecular flexibility index (Phi) is 4.20. The molecule has 0 bridgehead atoms. The SMILES string of the molecule is CC1CN(CC(N)(C#N)c2ccccc2)C(C)CO1. The van der Waals surface area contributed by atoms with E-state index in [2.05, 4.69) is 17.9 Å². The summed E-state index contributed by atoms with van der Waals surface area (Å²) in [7, 11) is 0. The van der Waals surface area contributed by atoms with E-state index in [0.29, 0.717) is 13.2 Å². The molecule has 102 valence electrons. The molecule has 0 amide bonds. The molecule has 1 fully saturated rings. The van der Waals surface area contributed by atoms with E-state index in [9.17, 15) is 5.26 Å². The number of rotatable bonds is 3. The largest absolute Gasteiger partial charge is 0.376 e. The summed E-state index contributed by atoms with van der Waals surface area (Å²) in [6.07, 6.45) is 0.190. The lowest BCUT2D eigenvalue weighted by molar-refractivity contribution is -0.0538. The van der Waals surface area contributed by atoms with E-state index in [0.717, 1.165) is 12.1 Å². The van der Waals surface area contributed by atoms with Crippen LogP contribution in [0.4, 0.5) is 0 Å². The predicted octanol–water partition coefficient (Wildman–Crippen LogP) is 1.47. The zero-order valence-electron chi connectivity index (χ0n) is 11.5. The van der Waals surface area contributed by atoms with Crippen LogP contribution in [0.1, 0.15) is 19.4 Å². The van der Waals surface area contributed by atoms with Crippen LogP contribution in [-0.4, -0.2) is 36.7 Å². The third kappa shape index (κ3) is 3.13. The fourth-order valence-corrected chi connectivity index (χ4v) is 2.44. The molecule has 3 atom stereocenters. The van der Waals surface area contributed by atoms with Crippen molar-refractivity contribution in [3.63, 3.8) is 0 Å². The number of hydrogen-bond acceptors (Lipinski definition) is 4. The highest BCUT2D eigenvalue weighted by molar-refractivity contribution is 5.31. The molecule has 1 saturated heterocycles. The number of ether oxygens (including phenoxy) is 1. The highest BCUT2D eigenvalue weighted by Crippen LogP contribution is 2.22. The van der Waals surface area contributed by atoms with Gasteiger partial charge in [-0.3, -0.25) is 4.90 Å². The standard InChI is InChI=1S/C15H21N3O/c1-12-9-19-13(2)8-18(12)11-15(17,10-16)14-6-4-3-5-7-14/h3-7,12-13H,8-9,11,17H2,1-2H3. The minimum absolute atomic E-state index is 0.190. The lowest BCUT2D eigenvalue weighted by Crippen LogP contribution is -2.55. The number of morpholine rings is 1. The van der Waals surface area contributed by atoms with Gasteiger partial charge >= 0.3 is 0 Å². The quantitative estimate of drug-likeness (QED) is 0.893. The molecule has 4 nitrogen and oxygen atoms in total. The number of nitrogens with two attached hydrogens (primary N) is 1. The summed E-state index contributed by atoms with van der Waals surface area (Å²) in [4.78, 5) is 2.24. The summed E-state index contributed by atoms with van der Waals surface area (Å²) in [5.41, 5.74) is 6.21. The first-order valence-corrected chi connectivity index (χ1v) is 6.66. The normalized spacial score (nSPS) is 27.5. The molecule has 1 aliphatic rings. The highest BCUT2D eigenvalue weighted by Gasteiger charge is 2.34. The Bertz CT molecular complexity index is 456. The average molecular weight is 259 g/mol. The van der Waals surface area contributed by atoms with Crippen molar-refractivity contribution in [3.8, 4) is 6.07 Å². The van der Waals surface area contributed by atoms with Crippen LogP contribution < -0.4 is 5.73 Å². The predicted molar refractivity (Wildman–Crippen MR) is 74.4 cm³/mol. The molecular formula is C15H21N3O. The first kappa shape index (κ1) is 14.0. The van der Waals surface area contributed by atoms with Crippen LogP contribution in [0.2, 0.25) is 0 Å². The monoisotopic (exact) mass is 259 g/mol. The molecule has 1 aliphatic heterocycles. The Hall–Kier alpha value is -1.41. The molecule has 2 N–H and O–H groups in total. The van der Waals surface area contributed by atoms with Crippen molar-refractivity contribution in [1.29, 1.82) is 5.26 Å². The molecule has 0 saturated carbocycles. The third-order valence-corrected chi connectivity index (χ3v) is 3.68. The second-order valence-corrected chi connectivity index (χ2v) is 5.37. The fourth-order valence-electron chi connectivity index (χ4n) is 2.44. The molecule has 0 aromatic heterocycles. The molecular weight excluding hydrogens is 238 g/mol. The Morgan fingerprint density at radius 3 is 2.74 bits per heavy atom. The smallest absolute Gasteiger partial charge is 0.142 e. The van der Waals surface area contributed by atoms with Gasteiger partial charge in [-0.1, -0.05) is 30.3 Å².